The summed E-state index contributed by atoms with van der Waals surface area (Å²) >= 11 is 3.29. The Bertz CT molecular complexity index is 580. The van der Waals surface area contributed by atoms with Crippen LogP contribution in [0, 0.1) is 0 Å². The van der Waals surface area contributed by atoms with Crippen molar-refractivity contribution in [2.45, 2.75) is 6.61 Å². The number of halogens is 1. The first kappa shape index (κ1) is 12.6. The van der Waals surface area contributed by atoms with Crippen LogP contribution in [0.1, 0.15) is 16.1 Å². The molecule has 0 fully saturated rings. The number of hydrogen-bond acceptors (Lipinski definition) is 4. The molecule has 2 N–H and O–H groups in total. The van der Waals surface area contributed by atoms with E-state index in [0.29, 0.717) is 21.4 Å². The zero-order chi connectivity index (χ0) is 13.1. The number of benzene rings is 1. The highest BCUT2D eigenvalue weighted by Crippen LogP contribution is 2.20. The topological polar surface area (TPSA) is 70.1 Å². The molecular formula is C12H12BrN3O2. The molecule has 0 aliphatic rings. The van der Waals surface area contributed by atoms with Crippen LogP contribution in [0.5, 0.6) is 0 Å². The van der Waals surface area contributed by atoms with Crippen molar-refractivity contribution in [1.29, 1.82) is 0 Å². The predicted molar refractivity (Wildman–Crippen MR) is 70.9 cm³/mol. The third kappa shape index (κ3) is 2.89. The van der Waals surface area contributed by atoms with Gasteiger partial charge in [0.2, 0.25) is 0 Å². The second-order valence-corrected chi connectivity index (χ2v) is 4.65. The van der Waals surface area contributed by atoms with Crippen LogP contribution >= 0.6 is 15.9 Å². The fraction of sp³-hybridized carbons (Fsp3) is 0.167. The molecule has 0 bridgehead atoms. The number of anilines is 1. The molecule has 0 radical (unpaired) electrons. The Morgan fingerprint density at radius 3 is 2.94 bits per heavy atom. The molecule has 5 nitrogen and oxygen atoms in total. The van der Waals surface area contributed by atoms with Crippen molar-refractivity contribution in [1.82, 2.24) is 9.78 Å². The first-order valence-corrected chi connectivity index (χ1v) is 6.06. The molecule has 2 rings (SSSR count). The van der Waals surface area contributed by atoms with Crippen molar-refractivity contribution in [2.75, 3.05) is 5.73 Å². The molecule has 1 aromatic carbocycles. The second-order valence-electron chi connectivity index (χ2n) is 3.80. The van der Waals surface area contributed by atoms with Gasteiger partial charge >= 0.3 is 5.97 Å². The van der Waals surface area contributed by atoms with Crippen LogP contribution in [-0.2, 0) is 18.4 Å². The minimum atomic E-state index is -0.431. The number of carbonyl (C=O) groups is 1. The first-order chi connectivity index (χ1) is 8.56. The number of rotatable bonds is 3. The number of nitrogens with zero attached hydrogens (tertiary/aromatic N) is 2. The van der Waals surface area contributed by atoms with Crippen LogP contribution in [0.3, 0.4) is 0 Å². The second kappa shape index (κ2) is 5.22. The van der Waals surface area contributed by atoms with Crippen LogP contribution in [0.4, 0.5) is 5.69 Å². The Hall–Kier alpha value is -1.82. The van der Waals surface area contributed by atoms with E-state index in [1.165, 1.54) is 0 Å². The molecule has 1 heterocycles. The third-order valence-corrected chi connectivity index (χ3v) is 3.02. The number of hydrogen-bond donors (Lipinski definition) is 1. The highest BCUT2D eigenvalue weighted by Gasteiger charge is 2.12. The quantitative estimate of drug-likeness (QED) is 0.696. The molecule has 6 heteroatoms. The minimum Gasteiger partial charge on any atom is -0.455 e. The Kier molecular flexibility index (Phi) is 3.66. The molecule has 1 aromatic heterocycles. The Morgan fingerprint density at radius 1 is 1.50 bits per heavy atom. The van der Waals surface area contributed by atoms with Crippen molar-refractivity contribution >= 4 is 27.6 Å². The van der Waals surface area contributed by atoms with Crippen molar-refractivity contribution in [3.8, 4) is 0 Å². The molecule has 0 saturated carbocycles. The summed E-state index contributed by atoms with van der Waals surface area (Å²) < 4.78 is 7.47. The van der Waals surface area contributed by atoms with Crippen molar-refractivity contribution in [3.05, 3.63) is 46.2 Å². The number of aromatic nitrogens is 2. The van der Waals surface area contributed by atoms with Crippen LogP contribution in [0.2, 0.25) is 0 Å². The van der Waals surface area contributed by atoms with E-state index in [9.17, 15) is 4.79 Å². The predicted octanol–water partition coefficient (Wildman–Crippen LogP) is 2.12. The molecule has 18 heavy (non-hydrogen) atoms. The Labute approximate surface area is 113 Å². The number of nitrogens with two attached hydrogens (primary N) is 1. The van der Waals surface area contributed by atoms with E-state index in [0.717, 1.165) is 0 Å². The number of nitrogen functional groups attached to an aromatic ring is 1. The van der Waals surface area contributed by atoms with Gasteiger partial charge in [0.1, 0.15) is 6.61 Å². The number of esters is 1. The average molecular weight is 310 g/mol. The molecule has 0 atom stereocenters. The summed E-state index contributed by atoms with van der Waals surface area (Å²) in [6.45, 7) is 0.140. The van der Waals surface area contributed by atoms with Crippen LogP contribution in [-0.4, -0.2) is 15.7 Å². The van der Waals surface area contributed by atoms with Crippen molar-refractivity contribution < 1.29 is 9.53 Å². The third-order valence-electron chi connectivity index (χ3n) is 2.33. The van der Waals surface area contributed by atoms with Crippen molar-refractivity contribution in [2.24, 2.45) is 7.05 Å². The lowest BCUT2D eigenvalue weighted by atomic mass is 10.2. The maximum Gasteiger partial charge on any atom is 0.339 e. The largest absolute Gasteiger partial charge is 0.455 e. The van der Waals surface area contributed by atoms with Gasteiger partial charge in [0, 0.05) is 23.4 Å². The summed E-state index contributed by atoms with van der Waals surface area (Å²) in [5.74, 6) is -0.431. The molecule has 0 unspecified atom stereocenters. The zero-order valence-corrected chi connectivity index (χ0v) is 11.3. The lowest BCUT2D eigenvalue weighted by Crippen LogP contribution is -2.07. The highest BCUT2D eigenvalue weighted by atomic mass is 79.9. The molecule has 0 aliphatic carbocycles. The van der Waals surface area contributed by atoms with E-state index < -0.39 is 5.97 Å². The SMILES string of the molecule is Cn1ccc(COC(=O)c2cc(N)ccc2Br)n1. The van der Waals surface area contributed by atoms with Gasteiger partial charge in [0.05, 0.1) is 11.3 Å². The Balaban J connectivity index is 2.05. The van der Waals surface area contributed by atoms with Gasteiger partial charge in [0.25, 0.3) is 0 Å². The smallest absolute Gasteiger partial charge is 0.339 e. The normalized spacial score (nSPS) is 10.3. The molecular weight excluding hydrogens is 298 g/mol. The van der Waals surface area contributed by atoms with Gasteiger partial charge in [-0.25, -0.2) is 4.79 Å². The lowest BCUT2D eigenvalue weighted by Gasteiger charge is -2.05. The van der Waals surface area contributed by atoms with E-state index in [1.807, 2.05) is 0 Å². The monoisotopic (exact) mass is 309 g/mol. The minimum absolute atomic E-state index is 0.140. The molecule has 94 valence electrons. The van der Waals surface area contributed by atoms with Gasteiger partial charge in [-0.15, -0.1) is 0 Å². The summed E-state index contributed by atoms with van der Waals surface area (Å²) in [6.07, 6.45) is 1.79. The molecule has 0 spiro atoms. The van der Waals surface area contributed by atoms with Crippen LogP contribution in [0.15, 0.2) is 34.9 Å². The van der Waals surface area contributed by atoms with E-state index >= 15 is 0 Å². The summed E-state index contributed by atoms with van der Waals surface area (Å²) in [4.78, 5) is 11.9. The van der Waals surface area contributed by atoms with Gasteiger partial charge in [0.15, 0.2) is 0 Å². The summed E-state index contributed by atoms with van der Waals surface area (Å²) in [5, 5.41) is 4.12. The lowest BCUT2D eigenvalue weighted by molar-refractivity contribution is 0.0466. The maximum absolute atomic E-state index is 11.9. The molecule has 0 aliphatic heterocycles. The number of carbonyl (C=O) groups excluding carboxylic acids is 1. The number of ether oxygens (including phenoxy) is 1. The van der Waals surface area contributed by atoms with Gasteiger partial charge in [-0.3, -0.25) is 4.68 Å². The summed E-state index contributed by atoms with van der Waals surface area (Å²) in [7, 11) is 1.81. The maximum atomic E-state index is 11.9. The van der Waals surface area contributed by atoms with E-state index in [-0.39, 0.29) is 6.61 Å². The highest BCUT2D eigenvalue weighted by molar-refractivity contribution is 9.10. The fourth-order valence-corrected chi connectivity index (χ4v) is 1.87. The fourth-order valence-electron chi connectivity index (χ4n) is 1.46. The standard InChI is InChI=1S/C12H12BrN3O2/c1-16-5-4-9(15-16)7-18-12(17)10-6-8(14)2-3-11(10)13/h2-6H,7,14H2,1H3. The molecule has 0 amide bonds. The molecule has 0 saturated heterocycles. The van der Waals surface area contributed by atoms with E-state index in [1.54, 1.807) is 42.2 Å². The number of aryl methyl sites for hydroxylation is 1. The van der Waals surface area contributed by atoms with E-state index in [2.05, 4.69) is 21.0 Å². The van der Waals surface area contributed by atoms with Crippen LogP contribution in [0.25, 0.3) is 0 Å². The molecule has 2 aromatic rings. The average Bonchev–Trinajstić information content (AvgIpc) is 2.75. The van der Waals surface area contributed by atoms with Gasteiger partial charge in [-0.05, 0) is 40.2 Å². The summed E-state index contributed by atoms with van der Waals surface area (Å²) in [5.41, 5.74) is 7.26. The van der Waals surface area contributed by atoms with Crippen LogP contribution < -0.4 is 5.73 Å². The summed E-state index contributed by atoms with van der Waals surface area (Å²) in [6, 6.07) is 6.79. The first-order valence-electron chi connectivity index (χ1n) is 5.27. The van der Waals surface area contributed by atoms with Gasteiger partial charge in [-0.1, -0.05) is 0 Å². The van der Waals surface area contributed by atoms with Crippen molar-refractivity contribution in [3.63, 3.8) is 0 Å². The van der Waals surface area contributed by atoms with E-state index in [4.69, 9.17) is 10.5 Å². The van der Waals surface area contributed by atoms with Gasteiger partial charge < -0.3 is 10.5 Å². The van der Waals surface area contributed by atoms with Gasteiger partial charge in [-0.2, -0.15) is 5.10 Å². The zero-order valence-electron chi connectivity index (χ0n) is 9.76. The Morgan fingerprint density at radius 2 is 2.28 bits per heavy atom.